The van der Waals surface area contributed by atoms with Crippen LogP contribution in [0.25, 0.3) is 28.2 Å². The molecule has 10 heteroatoms. The van der Waals surface area contributed by atoms with Crippen LogP contribution in [0.1, 0.15) is 18.5 Å². The zero-order valence-electron chi connectivity index (χ0n) is 15.9. The number of hydrogen-bond acceptors (Lipinski definition) is 7. The highest BCUT2D eigenvalue weighted by molar-refractivity contribution is 5.82. The molecule has 1 atom stereocenters. The molecule has 2 aromatic carbocycles. The first-order valence-corrected chi connectivity index (χ1v) is 9.23. The van der Waals surface area contributed by atoms with Crippen molar-refractivity contribution in [1.82, 2.24) is 40.1 Å². The number of aromatic amines is 1. The Morgan fingerprint density at radius 3 is 2.77 bits per heavy atom. The van der Waals surface area contributed by atoms with Crippen LogP contribution in [-0.2, 0) is 0 Å². The van der Waals surface area contributed by atoms with Crippen LogP contribution in [-0.4, -0.2) is 40.1 Å². The van der Waals surface area contributed by atoms with E-state index in [2.05, 4.69) is 40.9 Å². The minimum Gasteiger partial charge on any atom is -0.362 e. The minimum absolute atomic E-state index is 0.0699. The molecule has 148 valence electrons. The number of nitrogens with one attached hydrogen (secondary N) is 2. The molecule has 0 aliphatic rings. The van der Waals surface area contributed by atoms with Gasteiger partial charge in [0.2, 0.25) is 5.82 Å². The summed E-state index contributed by atoms with van der Waals surface area (Å²) in [6.07, 6.45) is 5.01. The predicted molar refractivity (Wildman–Crippen MR) is 108 cm³/mol. The van der Waals surface area contributed by atoms with Gasteiger partial charge in [0, 0.05) is 11.6 Å². The molecule has 0 fully saturated rings. The van der Waals surface area contributed by atoms with Gasteiger partial charge in [0.1, 0.15) is 18.0 Å². The molecule has 30 heavy (non-hydrogen) atoms. The molecule has 3 heterocycles. The number of fused-ring (bicyclic) bond motifs is 1. The van der Waals surface area contributed by atoms with E-state index in [0.29, 0.717) is 17.5 Å². The lowest BCUT2D eigenvalue weighted by Gasteiger charge is -2.15. The van der Waals surface area contributed by atoms with E-state index in [1.165, 1.54) is 12.1 Å². The number of hydrogen-bond donors (Lipinski definition) is 2. The maximum atomic E-state index is 13.2. The third kappa shape index (κ3) is 3.34. The summed E-state index contributed by atoms with van der Waals surface area (Å²) in [5, 5.41) is 17.4. The Bertz CT molecular complexity index is 1300. The number of rotatable bonds is 5. The van der Waals surface area contributed by atoms with Crippen LogP contribution in [0.15, 0.2) is 61.2 Å². The van der Waals surface area contributed by atoms with Gasteiger partial charge >= 0.3 is 0 Å². The summed E-state index contributed by atoms with van der Waals surface area (Å²) in [5.41, 5.74) is 3.41. The lowest BCUT2D eigenvalue weighted by molar-refractivity contribution is 0.626. The molecule has 0 aliphatic carbocycles. The van der Waals surface area contributed by atoms with E-state index >= 15 is 0 Å². The van der Waals surface area contributed by atoms with Crippen LogP contribution < -0.4 is 5.32 Å². The molecule has 0 unspecified atom stereocenters. The number of H-pyrrole nitrogens is 1. The SMILES string of the molecule is C[C@H](Nc1cncc(-n2cnc3ccc(-c4nn[nH]n4)cc32)n1)c1ccc(F)cc1. The van der Waals surface area contributed by atoms with Crippen LogP contribution in [0.5, 0.6) is 0 Å². The Kier molecular flexibility index (Phi) is 4.36. The molecule has 5 rings (SSSR count). The van der Waals surface area contributed by atoms with E-state index in [4.69, 9.17) is 0 Å². The van der Waals surface area contributed by atoms with Crippen molar-refractivity contribution in [3.63, 3.8) is 0 Å². The van der Waals surface area contributed by atoms with Crippen molar-refractivity contribution in [2.45, 2.75) is 13.0 Å². The van der Waals surface area contributed by atoms with Crippen molar-refractivity contribution in [3.8, 4) is 17.2 Å². The monoisotopic (exact) mass is 401 g/mol. The van der Waals surface area contributed by atoms with Gasteiger partial charge in [-0.15, -0.1) is 10.2 Å². The summed E-state index contributed by atoms with van der Waals surface area (Å²) in [4.78, 5) is 13.4. The Hall–Kier alpha value is -4.21. The third-order valence-electron chi connectivity index (χ3n) is 4.75. The Labute approximate surface area is 170 Å². The van der Waals surface area contributed by atoms with Crippen LogP contribution in [0, 0.1) is 5.82 Å². The van der Waals surface area contributed by atoms with Crippen molar-refractivity contribution >= 4 is 16.9 Å². The fourth-order valence-corrected chi connectivity index (χ4v) is 3.21. The fourth-order valence-electron chi connectivity index (χ4n) is 3.21. The Morgan fingerprint density at radius 2 is 1.97 bits per heavy atom. The predicted octanol–water partition coefficient (Wildman–Crippen LogP) is 3.31. The van der Waals surface area contributed by atoms with Crippen LogP contribution in [0.4, 0.5) is 10.2 Å². The molecule has 0 spiro atoms. The molecule has 0 saturated heterocycles. The third-order valence-corrected chi connectivity index (χ3v) is 4.75. The van der Waals surface area contributed by atoms with Gasteiger partial charge in [-0.2, -0.15) is 5.21 Å². The molecule has 0 amide bonds. The molecule has 2 N–H and O–H groups in total. The first-order valence-electron chi connectivity index (χ1n) is 9.23. The van der Waals surface area contributed by atoms with Gasteiger partial charge in [0.25, 0.3) is 0 Å². The average Bonchev–Trinajstić information content (AvgIpc) is 3.44. The van der Waals surface area contributed by atoms with Gasteiger partial charge in [-0.3, -0.25) is 9.55 Å². The van der Waals surface area contributed by atoms with Gasteiger partial charge in [-0.05, 0) is 48.0 Å². The minimum atomic E-state index is -0.264. The summed E-state index contributed by atoms with van der Waals surface area (Å²) in [7, 11) is 0. The fraction of sp³-hybridized carbons (Fsp3) is 0.100. The van der Waals surface area contributed by atoms with Gasteiger partial charge in [-0.25, -0.2) is 14.4 Å². The zero-order valence-corrected chi connectivity index (χ0v) is 15.9. The van der Waals surface area contributed by atoms with Crippen molar-refractivity contribution in [1.29, 1.82) is 0 Å². The normalized spacial score (nSPS) is 12.2. The Morgan fingerprint density at radius 1 is 1.10 bits per heavy atom. The molecular formula is C20H16FN9. The number of benzene rings is 2. The first-order chi connectivity index (χ1) is 14.7. The number of aromatic nitrogens is 8. The zero-order chi connectivity index (χ0) is 20.5. The summed E-state index contributed by atoms with van der Waals surface area (Å²) < 4.78 is 15.0. The number of halogens is 1. The molecule has 0 saturated carbocycles. The molecule has 0 radical (unpaired) electrons. The summed E-state index contributed by atoms with van der Waals surface area (Å²) >= 11 is 0. The number of anilines is 1. The Balaban J connectivity index is 1.47. The van der Waals surface area contributed by atoms with E-state index < -0.39 is 0 Å². The van der Waals surface area contributed by atoms with Gasteiger partial charge in [0.05, 0.1) is 23.4 Å². The van der Waals surface area contributed by atoms with E-state index in [-0.39, 0.29) is 11.9 Å². The highest BCUT2D eigenvalue weighted by atomic mass is 19.1. The maximum Gasteiger partial charge on any atom is 0.204 e. The van der Waals surface area contributed by atoms with Crippen LogP contribution >= 0.6 is 0 Å². The smallest absolute Gasteiger partial charge is 0.204 e. The molecule has 0 aliphatic heterocycles. The second-order valence-corrected chi connectivity index (χ2v) is 6.73. The number of nitrogens with zero attached hydrogens (tertiary/aromatic N) is 7. The maximum absolute atomic E-state index is 13.2. The summed E-state index contributed by atoms with van der Waals surface area (Å²) in [6.45, 7) is 1.98. The molecule has 9 nitrogen and oxygen atoms in total. The summed E-state index contributed by atoms with van der Waals surface area (Å²) in [5.74, 6) is 1.44. The van der Waals surface area contributed by atoms with Gasteiger partial charge in [0.15, 0.2) is 5.82 Å². The molecule has 0 bridgehead atoms. The second-order valence-electron chi connectivity index (χ2n) is 6.73. The second kappa shape index (κ2) is 7.32. The average molecular weight is 401 g/mol. The van der Waals surface area contributed by atoms with Crippen molar-refractivity contribution in [2.24, 2.45) is 0 Å². The quantitative estimate of drug-likeness (QED) is 0.465. The summed E-state index contributed by atoms with van der Waals surface area (Å²) in [6, 6.07) is 12.0. The van der Waals surface area contributed by atoms with E-state index in [9.17, 15) is 4.39 Å². The van der Waals surface area contributed by atoms with E-state index in [1.807, 2.05) is 29.7 Å². The number of tetrazole rings is 1. The highest BCUT2D eigenvalue weighted by Crippen LogP contribution is 2.24. The lowest BCUT2D eigenvalue weighted by Crippen LogP contribution is -2.09. The van der Waals surface area contributed by atoms with Crippen molar-refractivity contribution < 1.29 is 4.39 Å². The lowest BCUT2D eigenvalue weighted by atomic mass is 10.1. The van der Waals surface area contributed by atoms with Crippen LogP contribution in [0.2, 0.25) is 0 Å². The largest absolute Gasteiger partial charge is 0.362 e. The number of imidazole rings is 1. The van der Waals surface area contributed by atoms with Gasteiger partial charge < -0.3 is 5.32 Å². The molecule has 5 aromatic rings. The highest BCUT2D eigenvalue weighted by Gasteiger charge is 2.12. The molecular weight excluding hydrogens is 385 g/mol. The van der Waals surface area contributed by atoms with E-state index in [0.717, 1.165) is 22.2 Å². The standard InChI is InChI=1S/C20H16FN9/c1-12(13-2-5-15(21)6-3-13)24-18-9-22-10-19(25-18)30-11-23-16-7-4-14(8-17(16)30)20-26-28-29-27-20/h2-12H,1H3,(H,24,25)(H,26,27,28,29)/t12-/m0/s1. The topological polar surface area (TPSA) is 110 Å². The first kappa shape index (κ1) is 17.9. The van der Waals surface area contributed by atoms with Gasteiger partial charge in [-0.1, -0.05) is 12.1 Å². The van der Waals surface area contributed by atoms with Crippen molar-refractivity contribution in [3.05, 3.63) is 72.6 Å². The van der Waals surface area contributed by atoms with E-state index in [1.54, 1.807) is 30.9 Å². The molecule has 3 aromatic heterocycles. The van der Waals surface area contributed by atoms with Crippen LogP contribution in [0.3, 0.4) is 0 Å². The van der Waals surface area contributed by atoms with Crippen molar-refractivity contribution in [2.75, 3.05) is 5.32 Å².